The van der Waals surface area contributed by atoms with Crippen LogP contribution >= 0.6 is 11.8 Å². The highest BCUT2D eigenvalue weighted by molar-refractivity contribution is 8.00. The summed E-state index contributed by atoms with van der Waals surface area (Å²) in [5.74, 6) is 0. The molecule has 2 unspecified atom stereocenters. The van der Waals surface area contributed by atoms with Crippen molar-refractivity contribution in [1.29, 1.82) is 0 Å². The molecule has 0 aromatic rings. The van der Waals surface area contributed by atoms with Crippen molar-refractivity contribution in [2.45, 2.75) is 56.1 Å². The second-order valence-corrected chi connectivity index (χ2v) is 6.13. The Morgan fingerprint density at radius 1 is 1.28 bits per heavy atom. The standard InChI is InChI=1S/C12H22O5S/c1-4-14-8(3)17-9-5-15-12-10(18-7(2)13)6-16-11(9)12/h7-13H,4-6H2,1-3H3/t7?,8?,9-,10+,11-,12-/m1/s1. The van der Waals surface area contributed by atoms with E-state index in [1.807, 2.05) is 13.8 Å². The summed E-state index contributed by atoms with van der Waals surface area (Å²) in [5.41, 5.74) is -0.400. The number of fused-ring (bicyclic) bond motifs is 1. The molecule has 18 heavy (non-hydrogen) atoms. The highest BCUT2D eigenvalue weighted by Gasteiger charge is 2.49. The molecule has 5 nitrogen and oxygen atoms in total. The molecule has 6 atom stereocenters. The molecule has 2 rings (SSSR count). The topological polar surface area (TPSA) is 57.2 Å². The molecular weight excluding hydrogens is 256 g/mol. The monoisotopic (exact) mass is 278 g/mol. The van der Waals surface area contributed by atoms with Crippen molar-refractivity contribution in [3.63, 3.8) is 0 Å². The van der Waals surface area contributed by atoms with Crippen molar-refractivity contribution in [3.05, 3.63) is 0 Å². The van der Waals surface area contributed by atoms with E-state index in [2.05, 4.69) is 0 Å². The molecule has 2 heterocycles. The largest absolute Gasteiger partial charge is 0.383 e. The van der Waals surface area contributed by atoms with Crippen molar-refractivity contribution in [1.82, 2.24) is 0 Å². The Bertz CT molecular complexity index is 263. The highest BCUT2D eigenvalue weighted by Crippen LogP contribution is 2.36. The minimum atomic E-state index is -0.400. The van der Waals surface area contributed by atoms with E-state index in [9.17, 15) is 5.11 Å². The van der Waals surface area contributed by atoms with Crippen LogP contribution in [-0.4, -0.2) is 60.2 Å². The van der Waals surface area contributed by atoms with Gasteiger partial charge in [-0.05, 0) is 20.8 Å². The molecule has 0 aromatic carbocycles. The quantitative estimate of drug-likeness (QED) is 0.731. The Morgan fingerprint density at radius 3 is 2.67 bits per heavy atom. The minimum Gasteiger partial charge on any atom is -0.383 e. The van der Waals surface area contributed by atoms with E-state index in [-0.39, 0.29) is 29.9 Å². The SMILES string of the molecule is CCOC(C)O[C@@H]1CO[C@H]2[C@@H]1OC[C@@H]2SC(C)O. The van der Waals surface area contributed by atoms with Gasteiger partial charge in [0.1, 0.15) is 18.3 Å². The lowest BCUT2D eigenvalue weighted by Gasteiger charge is -2.21. The molecule has 0 aromatic heterocycles. The first-order valence-electron chi connectivity index (χ1n) is 6.45. The van der Waals surface area contributed by atoms with Crippen LogP contribution in [0.4, 0.5) is 0 Å². The zero-order chi connectivity index (χ0) is 13.1. The number of aliphatic hydroxyl groups excluding tert-OH is 1. The fraction of sp³-hybridized carbons (Fsp3) is 1.00. The lowest BCUT2D eigenvalue weighted by molar-refractivity contribution is -0.175. The van der Waals surface area contributed by atoms with Crippen LogP contribution in [0.1, 0.15) is 20.8 Å². The van der Waals surface area contributed by atoms with E-state index in [0.29, 0.717) is 19.8 Å². The van der Waals surface area contributed by atoms with Crippen LogP contribution in [0.5, 0.6) is 0 Å². The summed E-state index contributed by atoms with van der Waals surface area (Å²) in [4.78, 5) is 0. The third-order valence-corrected chi connectivity index (χ3v) is 4.25. The maximum Gasteiger partial charge on any atom is 0.155 e. The number of hydrogen-bond acceptors (Lipinski definition) is 6. The molecule has 0 amide bonds. The van der Waals surface area contributed by atoms with Gasteiger partial charge in [0.2, 0.25) is 0 Å². The molecule has 2 aliphatic rings. The summed E-state index contributed by atoms with van der Waals surface area (Å²) >= 11 is 1.49. The number of thioether (sulfide) groups is 1. The fourth-order valence-corrected chi connectivity index (χ4v) is 3.49. The van der Waals surface area contributed by atoms with Gasteiger partial charge in [0.25, 0.3) is 0 Å². The Morgan fingerprint density at radius 2 is 2.00 bits per heavy atom. The Hall–Kier alpha value is 0.150. The van der Waals surface area contributed by atoms with Crippen LogP contribution in [0, 0.1) is 0 Å². The number of rotatable bonds is 6. The molecule has 0 aliphatic carbocycles. The molecule has 1 N–H and O–H groups in total. The zero-order valence-electron chi connectivity index (χ0n) is 11.1. The first-order valence-corrected chi connectivity index (χ1v) is 7.40. The van der Waals surface area contributed by atoms with E-state index >= 15 is 0 Å². The molecular formula is C12H22O5S. The third kappa shape index (κ3) is 3.37. The second-order valence-electron chi connectivity index (χ2n) is 4.57. The summed E-state index contributed by atoms with van der Waals surface area (Å²) in [5, 5.41) is 9.60. The van der Waals surface area contributed by atoms with E-state index in [4.69, 9.17) is 18.9 Å². The van der Waals surface area contributed by atoms with Crippen molar-refractivity contribution < 1.29 is 24.1 Å². The minimum absolute atomic E-state index is 0.0171. The predicted octanol–water partition coefficient (Wildman–Crippen LogP) is 0.992. The molecule has 0 bridgehead atoms. The molecule has 0 radical (unpaired) electrons. The van der Waals surface area contributed by atoms with Crippen LogP contribution < -0.4 is 0 Å². The Kier molecular flexibility index (Phi) is 5.29. The summed E-state index contributed by atoms with van der Waals surface area (Å²) in [6.45, 7) is 7.35. The predicted molar refractivity (Wildman–Crippen MR) is 68.5 cm³/mol. The molecule has 6 heteroatoms. The molecule has 2 fully saturated rings. The van der Waals surface area contributed by atoms with Gasteiger partial charge in [0.15, 0.2) is 6.29 Å². The third-order valence-electron chi connectivity index (χ3n) is 3.10. The smallest absolute Gasteiger partial charge is 0.155 e. The number of ether oxygens (including phenoxy) is 4. The van der Waals surface area contributed by atoms with Gasteiger partial charge in [-0.15, -0.1) is 11.8 Å². The number of aliphatic hydroxyl groups is 1. The maximum atomic E-state index is 9.41. The molecule has 0 saturated carbocycles. The van der Waals surface area contributed by atoms with Crippen molar-refractivity contribution in [3.8, 4) is 0 Å². The highest BCUT2D eigenvalue weighted by atomic mass is 32.2. The van der Waals surface area contributed by atoms with Gasteiger partial charge < -0.3 is 24.1 Å². The fourth-order valence-electron chi connectivity index (χ4n) is 2.44. The Labute approximate surface area is 112 Å². The van der Waals surface area contributed by atoms with Crippen molar-refractivity contribution >= 4 is 11.8 Å². The maximum absolute atomic E-state index is 9.41. The van der Waals surface area contributed by atoms with Crippen molar-refractivity contribution in [2.75, 3.05) is 19.8 Å². The summed E-state index contributed by atoms with van der Waals surface area (Å²) in [7, 11) is 0. The zero-order valence-corrected chi connectivity index (χ0v) is 11.9. The van der Waals surface area contributed by atoms with E-state index in [1.165, 1.54) is 11.8 Å². The molecule has 2 aliphatic heterocycles. The van der Waals surface area contributed by atoms with Gasteiger partial charge in [-0.1, -0.05) is 0 Å². The van der Waals surface area contributed by atoms with Crippen LogP contribution in [0.25, 0.3) is 0 Å². The van der Waals surface area contributed by atoms with Crippen LogP contribution in [-0.2, 0) is 18.9 Å². The lowest BCUT2D eigenvalue weighted by atomic mass is 10.1. The molecule has 106 valence electrons. The summed E-state index contributed by atoms with van der Waals surface area (Å²) < 4.78 is 22.6. The number of hydrogen-bond donors (Lipinski definition) is 1. The van der Waals surface area contributed by atoms with Gasteiger partial charge in [0.05, 0.1) is 23.9 Å². The van der Waals surface area contributed by atoms with Crippen LogP contribution in [0.2, 0.25) is 0 Å². The average Bonchev–Trinajstić information content (AvgIpc) is 2.83. The van der Waals surface area contributed by atoms with Gasteiger partial charge in [0, 0.05) is 6.61 Å². The van der Waals surface area contributed by atoms with Gasteiger partial charge >= 0.3 is 0 Å². The van der Waals surface area contributed by atoms with Crippen LogP contribution in [0.3, 0.4) is 0 Å². The first-order chi connectivity index (χ1) is 8.61. The van der Waals surface area contributed by atoms with Gasteiger partial charge in [-0.2, -0.15) is 0 Å². The molecule has 2 saturated heterocycles. The summed E-state index contributed by atoms with van der Waals surface area (Å²) in [6, 6.07) is 0. The van der Waals surface area contributed by atoms with Crippen LogP contribution in [0.15, 0.2) is 0 Å². The second kappa shape index (κ2) is 6.54. The summed E-state index contributed by atoms with van der Waals surface area (Å²) in [6.07, 6.45) is -0.335. The van der Waals surface area contributed by atoms with E-state index in [0.717, 1.165) is 0 Å². The lowest BCUT2D eigenvalue weighted by Crippen LogP contribution is -2.35. The average molecular weight is 278 g/mol. The van der Waals surface area contributed by atoms with Crippen molar-refractivity contribution in [2.24, 2.45) is 0 Å². The van der Waals surface area contributed by atoms with Gasteiger partial charge in [-0.3, -0.25) is 0 Å². The first kappa shape index (κ1) is 14.6. The van der Waals surface area contributed by atoms with E-state index in [1.54, 1.807) is 6.92 Å². The van der Waals surface area contributed by atoms with E-state index < -0.39 is 5.44 Å². The Balaban J connectivity index is 1.84. The molecule has 0 spiro atoms. The normalized spacial score (nSPS) is 38.7. The van der Waals surface area contributed by atoms with Gasteiger partial charge in [-0.25, -0.2) is 0 Å².